The maximum atomic E-state index is 14.5. The lowest BCUT2D eigenvalue weighted by Crippen LogP contribution is -2.43. The maximum Gasteiger partial charge on any atom is 0.305 e. The molecule has 1 unspecified atom stereocenters. The zero-order valence-corrected chi connectivity index (χ0v) is 21.6. The van der Waals surface area contributed by atoms with Crippen LogP contribution in [0.3, 0.4) is 0 Å². The first-order valence-corrected chi connectivity index (χ1v) is 13.1. The highest BCUT2D eigenvalue weighted by Crippen LogP contribution is 2.39. The number of carboxylic acids is 1. The molecular weight excluding hydrogens is 504 g/mol. The molecular formula is C27H34F4N4O3. The smallest absolute Gasteiger partial charge is 0.305 e. The van der Waals surface area contributed by atoms with Gasteiger partial charge in [-0.2, -0.15) is 5.10 Å². The summed E-state index contributed by atoms with van der Waals surface area (Å²) in [6, 6.07) is 6.36. The molecule has 38 heavy (non-hydrogen) atoms. The van der Waals surface area contributed by atoms with Gasteiger partial charge in [-0.25, -0.2) is 17.6 Å². The molecule has 1 aromatic heterocycles. The van der Waals surface area contributed by atoms with Gasteiger partial charge in [-0.05, 0) is 32.3 Å². The normalized spacial score (nSPS) is 19.9. The molecule has 0 bridgehead atoms. The van der Waals surface area contributed by atoms with Crippen LogP contribution >= 0.6 is 0 Å². The van der Waals surface area contributed by atoms with Gasteiger partial charge in [-0.3, -0.25) is 19.2 Å². The molecule has 1 aliphatic heterocycles. The Morgan fingerprint density at radius 1 is 1.24 bits per heavy atom. The summed E-state index contributed by atoms with van der Waals surface area (Å²) in [5.74, 6) is -7.66. The molecule has 1 saturated heterocycles. The zero-order valence-electron chi connectivity index (χ0n) is 21.6. The lowest BCUT2D eigenvalue weighted by atomic mass is 9.99. The molecule has 0 spiro atoms. The van der Waals surface area contributed by atoms with Gasteiger partial charge in [-0.15, -0.1) is 0 Å². The predicted molar refractivity (Wildman–Crippen MR) is 133 cm³/mol. The van der Waals surface area contributed by atoms with Crippen molar-refractivity contribution in [1.82, 2.24) is 20.0 Å². The van der Waals surface area contributed by atoms with Crippen molar-refractivity contribution in [3.8, 4) is 11.3 Å². The quantitative estimate of drug-likeness (QED) is 0.392. The van der Waals surface area contributed by atoms with E-state index >= 15 is 0 Å². The van der Waals surface area contributed by atoms with Gasteiger partial charge >= 0.3 is 5.97 Å². The van der Waals surface area contributed by atoms with Crippen molar-refractivity contribution in [2.75, 3.05) is 13.1 Å². The number of hydrogen-bond donors (Lipinski definition) is 2. The van der Waals surface area contributed by atoms with E-state index < -0.39 is 36.3 Å². The first kappa shape index (κ1) is 28.1. The van der Waals surface area contributed by atoms with Gasteiger partial charge in [-0.1, -0.05) is 37.1 Å². The molecule has 2 heterocycles. The van der Waals surface area contributed by atoms with E-state index in [0.29, 0.717) is 5.69 Å². The number of carbonyl (C=O) groups excluding carboxylic acids is 1. The molecule has 2 atom stereocenters. The first-order valence-electron chi connectivity index (χ1n) is 13.1. The second-order valence-corrected chi connectivity index (χ2v) is 10.7. The van der Waals surface area contributed by atoms with Crippen LogP contribution in [0.1, 0.15) is 80.9 Å². The molecule has 7 nitrogen and oxygen atoms in total. The molecule has 1 amide bonds. The highest BCUT2D eigenvalue weighted by molar-refractivity contribution is 5.94. The number of hydrogen-bond acceptors (Lipinski definition) is 4. The summed E-state index contributed by atoms with van der Waals surface area (Å²) in [6.07, 6.45) is 3.06. The lowest BCUT2D eigenvalue weighted by Gasteiger charge is -2.28. The summed E-state index contributed by atoms with van der Waals surface area (Å²) in [7, 11) is 0. The minimum absolute atomic E-state index is 0.00290. The van der Waals surface area contributed by atoms with Gasteiger partial charge in [0.25, 0.3) is 17.8 Å². The molecule has 1 aliphatic carbocycles. The second kappa shape index (κ2) is 11.0. The van der Waals surface area contributed by atoms with Gasteiger partial charge < -0.3 is 10.4 Å². The summed E-state index contributed by atoms with van der Waals surface area (Å²) >= 11 is 0. The molecule has 1 saturated carbocycles. The van der Waals surface area contributed by atoms with E-state index in [-0.39, 0.29) is 54.7 Å². The third-order valence-electron chi connectivity index (χ3n) is 7.52. The largest absolute Gasteiger partial charge is 0.481 e. The van der Waals surface area contributed by atoms with E-state index in [1.165, 1.54) is 18.2 Å². The van der Waals surface area contributed by atoms with Gasteiger partial charge in [0.2, 0.25) is 0 Å². The second-order valence-electron chi connectivity index (χ2n) is 10.7. The van der Waals surface area contributed by atoms with Gasteiger partial charge in [0.1, 0.15) is 0 Å². The van der Waals surface area contributed by atoms with Crippen LogP contribution < -0.4 is 5.32 Å². The van der Waals surface area contributed by atoms with Crippen molar-refractivity contribution in [3.63, 3.8) is 0 Å². The first-order chi connectivity index (χ1) is 17.8. The number of nitrogens with zero attached hydrogens (tertiary/aromatic N) is 3. The molecule has 1 aromatic carbocycles. The van der Waals surface area contributed by atoms with Crippen molar-refractivity contribution in [1.29, 1.82) is 0 Å². The number of alkyl halides is 4. The Labute approximate surface area is 219 Å². The summed E-state index contributed by atoms with van der Waals surface area (Å²) in [5, 5.41) is 16.6. The SMILES string of the molecule is CC(C[C@@H](CC(=O)O)NC(=O)c1cc(-c2ccccc2C(C)(F)F)n(C2CCCC2)n1)N1CCC(F)(F)C1. The van der Waals surface area contributed by atoms with E-state index in [2.05, 4.69) is 10.4 Å². The molecule has 2 N–H and O–H groups in total. The van der Waals surface area contributed by atoms with Crippen LogP contribution in [0.25, 0.3) is 11.3 Å². The summed E-state index contributed by atoms with van der Waals surface area (Å²) < 4.78 is 57.9. The third kappa shape index (κ3) is 6.54. The van der Waals surface area contributed by atoms with Crippen LogP contribution in [0.5, 0.6) is 0 Å². The number of nitrogens with one attached hydrogen (secondary N) is 1. The predicted octanol–water partition coefficient (Wildman–Crippen LogP) is 5.47. The molecule has 2 aromatic rings. The minimum atomic E-state index is -3.11. The number of benzene rings is 1. The Hall–Kier alpha value is -2.95. The number of carbonyl (C=O) groups is 2. The van der Waals surface area contributed by atoms with Crippen LogP contribution in [-0.4, -0.2) is 62.8 Å². The highest BCUT2D eigenvalue weighted by atomic mass is 19.3. The highest BCUT2D eigenvalue weighted by Gasteiger charge is 2.40. The lowest BCUT2D eigenvalue weighted by molar-refractivity contribution is -0.137. The van der Waals surface area contributed by atoms with Gasteiger partial charge in [0.15, 0.2) is 5.69 Å². The van der Waals surface area contributed by atoms with E-state index in [1.54, 1.807) is 28.6 Å². The molecule has 11 heteroatoms. The van der Waals surface area contributed by atoms with Crippen LogP contribution in [-0.2, 0) is 10.7 Å². The van der Waals surface area contributed by atoms with E-state index in [4.69, 9.17) is 0 Å². The van der Waals surface area contributed by atoms with Crippen molar-refractivity contribution in [3.05, 3.63) is 41.6 Å². The zero-order chi connectivity index (χ0) is 27.7. The van der Waals surface area contributed by atoms with Crippen molar-refractivity contribution in [2.45, 2.75) is 88.8 Å². The van der Waals surface area contributed by atoms with Crippen LogP contribution in [0, 0.1) is 0 Å². The average molecular weight is 539 g/mol. The average Bonchev–Trinajstić information content (AvgIpc) is 3.57. The summed E-state index contributed by atoms with van der Waals surface area (Å²) in [5.41, 5.74) is 0.508. The van der Waals surface area contributed by atoms with Crippen molar-refractivity contribution in [2.24, 2.45) is 0 Å². The molecule has 2 aliphatic rings. The Balaban J connectivity index is 1.60. The molecule has 208 valence electrons. The molecule has 4 rings (SSSR count). The fourth-order valence-electron chi connectivity index (χ4n) is 5.59. The number of aliphatic carboxylic acids is 1. The Kier molecular flexibility index (Phi) is 8.15. The van der Waals surface area contributed by atoms with E-state index in [0.717, 1.165) is 32.6 Å². The fraction of sp³-hybridized carbons (Fsp3) is 0.593. The van der Waals surface area contributed by atoms with Gasteiger partial charge in [0.05, 0.1) is 24.7 Å². The third-order valence-corrected chi connectivity index (χ3v) is 7.52. The Morgan fingerprint density at radius 2 is 1.92 bits per heavy atom. The van der Waals surface area contributed by atoms with E-state index in [1.807, 2.05) is 0 Å². The minimum Gasteiger partial charge on any atom is -0.481 e. The van der Waals surface area contributed by atoms with E-state index in [9.17, 15) is 32.3 Å². The fourth-order valence-corrected chi connectivity index (χ4v) is 5.59. The number of amides is 1. The maximum absolute atomic E-state index is 14.5. The van der Waals surface area contributed by atoms with Crippen LogP contribution in [0.4, 0.5) is 17.6 Å². The number of carboxylic acid groups (broad SMARTS) is 1. The van der Waals surface area contributed by atoms with Crippen molar-refractivity contribution < 1.29 is 32.3 Å². The monoisotopic (exact) mass is 538 g/mol. The Morgan fingerprint density at radius 3 is 2.53 bits per heavy atom. The molecule has 0 radical (unpaired) electrons. The number of rotatable bonds is 10. The van der Waals surface area contributed by atoms with Crippen LogP contribution in [0.15, 0.2) is 30.3 Å². The Bertz CT molecular complexity index is 1160. The van der Waals surface area contributed by atoms with Crippen molar-refractivity contribution >= 4 is 11.9 Å². The topological polar surface area (TPSA) is 87.5 Å². The van der Waals surface area contributed by atoms with Crippen LogP contribution in [0.2, 0.25) is 0 Å². The standard InChI is InChI=1S/C27H34F4N4O3/c1-17(34-12-11-27(30,31)16-34)13-18(14-24(36)37)32-25(38)22-15-23(35(33-22)19-7-3-4-8-19)20-9-5-6-10-21(20)26(2,28)29/h5-6,9-10,15,17-19H,3-4,7-8,11-14,16H2,1-2H3,(H,32,38)(H,36,37)/t17?,18-/m0/s1. The number of likely N-dealkylation sites (tertiary alicyclic amines) is 1. The summed E-state index contributed by atoms with van der Waals surface area (Å²) in [4.78, 5) is 26.4. The molecule has 2 fully saturated rings. The number of aromatic nitrogens is 2. The van der Waals surface area contributed by atoms with Gasteiger partial charge in [0, 0.05) is 43.1 Å². The summed E-state index contributed by atoms with van der Waals surface area (Å²) in [6.45, 7) is 2.35. The number of halogens is 4.